The maximum absolute atomic E-state index is 12.6. The van der Waals surface area contributed by atoms with E-state index in [1.54, 1.807) is 28.6 Å². The van der Waals surface area contributed by atoms with E-state index in [4.69, 9.17) is 0 Å². The van der Waals surface area contributed by atoms with Crippen LogP contribution in [-0.4, -0.2) is 48.0 Å². The summed E-state index contributed by atoms with van der Waals surface area (Å²) >= 11 is 0. The van der Waals surface area contributed by atoms with Gasteiger partial charge in [0.15, 0.2) is 0 Å². The van der Waals surface area contributed by atoms with Crippen LogP contribution in [0.5, 0.6) is 0 Å². The van der Waals surface area contributed by atoms with Crippen molar-refractivity contribution < 1.29 is 4.79 Å². The number of hydrogen-bond donors (Lipinski definition) is 0. The van der Waals surface area contributed by atoms with Crippen molar-refractivity contribution in [3.63, 3.8) is 0 Å². The van der Waals surface area contributed by atoms with Gasteiger partial charge in [0.2, 0.25) is 5.91 Å². The van der Waals surface area contributed by atoms with Crippen molar-refractivity contribution in [1.29, 1.82) is 0 Å². The van der Waals surface area contributed by atoms with E-state index in [9.17, 15) is 9.59 Å². The Labute approximate surface area is 131 Å². The van der Waals surface area contributed by atoms with Crippen LogP contribution in [0.15, 0.2) is 23.3 Å². The minimum atomic E-state index is -0.238. The predicted octanol–water partition coefficient (Wildman–Crippen LogP) is 0.370. The number of pyridine rings is 1. The molecule has 1 saturated heterocycles. The summed E-state index contributed by atoms with van der Waals surface area (Å²) in [4.78, 5) is 35.0. The molecule has 0 aliphatic carbocycles. The van der Waals surface area contributed by atoms with Crippen LogP contribution < -0.4 is 5.56 Å². The van der Waals surface area contributed by atoms with Gasteiger partial charge in [-0.2, -0.15) is 9.50 Å². The molecule has 0 bridgehead atoms. The molecule has 8 heteroatoms. The molecule has 0 N–H and O–H groups in total. The monoisotopic (exact) mass is 312 g/mol. The molecule has 118 valence electrons. The minimum Gasteiger partial charge on any atom is -0.341 e. The van der Waals surface area contributed by atoms with Crippen molar-refractivity contribution in [2.75, 3.05) is 13.1 Å². The molecule has 1 aliphatic heterocycles. The Morgan fingerprint density at radius 3 is 2.87 bits per heavy atom. The first-order valence-corrected chi connectivity index (χ1v) is 7.63. The number of nitrogens with zero attached hydrogens (tertiary/aromatic N) is 6. The van der Waals surface area contributed by atoms with Crippen molar-refractivity contribution in [2.45, 2.75) is 26.3 Å². The molecule has 4 heterocycles. The number of rotatable bonds is 2. The first-order chi connectivity index (χ1) is 11.1. The summed E-state index contributed by atoms with van der Waals surface area (Å²) in [5.41, 5.74) is 0.406. The zero-order chi connectivity index (χ0) is 16.0. The van der Waals surface area contributed by atoms with E-state index in [0.717, 1.165) is 25.9 Å². The van der Waals surface area contributed by atoms with Gasteiger partial charge in [0.05, 0.1) is 10.9 Å². The van der Waals surface area contributed by atoms with E-state index in [0.29, 0.717) is 22.5 Å². The normalized spacial score (nSPS) is 14.9. The van der Waals surface area contributed by atoms with E-state index in [-0.39, 0.29) is 18.0 Å². The Balaban J connectivity index is 1.77. The summed E-state index contributed by atoms with van der Waals surface area (Å²) in [5, 5.41) is 4.69. The predicted molar refractivity (Wildman–Crippen MR) is 83.1 cm³/mol. The van der Waals surface area contributed by atoms with Crippen LogP contribution in [0, 0.1) is 6.92 Å². The van der Waals surface area contributed by atoms with Crippen molar-refractivity contribution in [3.05, 3.63) is 34.6 Å². The fourth-order valence-corrected chi connectivity index (χ4v) is 3.00. The van der Waals surface area contributed by atoms with E-state index in [2.05, 4.69) is 15.1 Å². The molecule has 0 unspecified atom stereocenters. The van der Waals surface area contributed by atoms with Gasteiger partial charge >= 0.3 is 0 Å². The second-order valence-corrected chi connectivity index (χ2v) is 5.76. The Hall–Kier alpha value is -2.77. The number of aryl methyl sites for hydroxylation is 1. The Morgan fingerprint density at radius 2 is 2.09 bits per heavy atom. The molecule has 8 nitrogen and oxygen atoms in total. The highest BCUT2D eigenvalue weighted by molar-refractivity contribution is 5.80. The fourth-order valence-electron chi connectivity index (χ4n) is 3.00. The number of carbonyl (C=O) groups excluding carboxylic acids is 1. The summed E-state index contributed by atoms with van der Waals surface area (Å²) in [6.07, 6.45) is 5.20. The first-order valence-electron chi connectivity index (χ1n) is 7.63. The first kappa shape index (κ1) is 13.9. The molecule has 3 aromatic rings. The summed E-state index contributed by atoms with van der Waals surface area (Å²) in [5.74, 6) is 1.04. The van der Waals surface area contributed by atoms with Crippen molar-refractivity contribution in [1.82, 2.24) is 29.0 Å². The second kappa shape index (κ2) is 5.15. The van der Waals surface area contributed by atoms with Crippen molar-refractivity contribution in [2.24, 2.45) is 0 Å². The van der Waals surface area contributed by atoms with E-state index in [1.807, 2.05) is 0 Å². The lowest BCUT2D eigenvalue weighted by Gasteiger charge is -2.16. The number of fused-ring (bicyclic) bond motifs is 3. The van der Waals surface area contributed by atoms with Crippen LogP contribution in [0.4, 0.5) is 0 Å². The molecule has 0 aromatic carbocycles. The van der Waals surface area contributed by atoms with Gasteiger partial charge < -0.3 is 9.47 Å². The molecule has 1 aliphatic rings. The van der Waals surface area contributed by atoms with Crippen molar-refractivity contribution >= 4 is 22.6 Å². The summed E-state index contributed by atoms with van der Waals surface area (Å²) in [6, 6.07) is 1.77. The molecule has 1 fully saturated rings. The SMILES string of the molecule is Cc1nc2ncc3c(=O)n(CC(=O)N4CCCC4)ccc3n2n1. The third-order valence-corrected chi connectivity index (χ3v) is 4.18. The second-order valence-electron chi connectivity index (χ2n) is 5.76. The molecule has 1 amide bonds. The highest BCUT2D eigenvalue weighted by Crippen LogP contribution is 2.11. The van der Waals surface area contributed by atoms with Gasteiger partial charge in [0.1, 0.15) is 12.4 Å². The van der Waals surface area contributed by atoms with E-state index >= 15 is 0 Å². The molecular formula is C15H16N6O2. The molecule has 4 rings (SSSR count). The van der Waals surface area contributed by atoms with Crippen LogP contribution in [0.25, 0.3) is 16.7 Å². The molecular weight excluding hydrogens is 296 g/mol. The van der Waals surface area contributed by atoms with E-state index in [1.165, 1.54) is 10.8 Å². The maximum atomic E-state index is 12.6. The van der Waals surface area contributed by atoms with Gasteiger partial charge in [-0.05, 0) is 25.8 Å². The van der Waals surface area contributed by atoms with Crippen LogP contribution in [0.3, 0.4) is 0 Å². The summed E-state index contributed by atoms with van der Waals surface area (Å²) in [7, 11) is 0. The summed E-state index contributed by atoms with van der Waals surface area (Å²) < 4.78 is 2.99. The average Bonchev–Trinajstić information content (AvgIpc) is 3.18. The zero-order valence-corrected chi connectivity index (χ0v) is 12.8. The van der Waals surface area contributed by atoms with Gasteiger partial charge in [-0.25, -0.2) is 4.98 Å². The number of likely N-dealkylation sites (tertiary alicyclic amines) is 1. The van der Waals surface area contributed by atoms with Gasteiger partial charge in [-0.3, -0.25) is 9.59 Å². The molecule has 0 radical (unpaired) electrons. The molecule has 3 aromatic heterocycles. The molecule has 0 atom stereocenters. The third-order valence-electron chi connectivity index (χ3n) is 4.18. The molecule has 0 saturated carbocycles. The van der Waals surface area contributed by atoms with Gasteiger partial charge in [0, 0.05) is 25.5 Å². The van der Waals surface area contributed by atoms with Crippen LogP contribution in [0.2, 0.25) is 0 Å². The topological polar surface area (TPSA) is 85.4 Å². The lowest BCUT2D eigenvalue weighted by Crippen LogP contribution is -2.34. The van der Waals surface area contributed by atoms with Gasteiger partial charge in [0.25, 0.3) is 11.3 Å². The molecule has 0 spiro atoms. The van der Waals surface area contributed by atoms with Crippen LogP contribution in [0.1, 0.15) is 18.7 Å². The zero-order valence-electron chi connectivity index (χ0n) is 12.8. The number of amides is 1. The quantitative estimate of drug-likeness (QED) is 0.682. The van der Waals surface area contributed by atoms with Crippen LogP contribution >= 0.6 is 0 Å². The Bertz CT molecular complexity index is 967. The number of aromatic nitrogens is 5. The summed E-state index contributed by atoms with van der Waals surface area (Å²) in [6.45, 7) is 3.39. The highest BCUT2D eigenvalue weighted by Gasteiger charge is 2.19. The average molecular weight is 312 g/mol. The van der Waals surface area contributed by atoms with Crippen LogP contribution in [-0.2, 0) is 11.3 Å². The minimum absolute atomic E-state index is 0.0189. The lowest BCUT2D eigenvalue weighted by molar-refractivity contribution is -0.130. The number of carbonyl (C=O) groups is 1. The Morgan fingerprint density at radius 1 is 1.30 bits per heavy atom. The van der Waals surface area contributed by atoms with Crippen molar-refractivity contribution in [3.8, 4) is 0 Å². The van der Waals surface area contributed by atoms with Gasteiger partial charge in [-0.15, -0.1) is 5.10 Å². The third kappa shape index (κ3) is 2.26. The maximum Gasteiger partial charge on any atom is 0.262 e. The molecule has 23 heavy (non-hydrogen) atoms. The van der Waals surface area contributed by atoms with E-state index < -0.39 is 0 Å². The fraction of sp³-hybridized carbons (Fsp3) is 0.400. The number of hydrogen-bond acceptors (Lipinski definition) is 5. The smallest absolute Gasteiger partial charge is 0.262 e. The largest absolute Gasteiger partial charge is 0.341 e. The highest BCUT2D eigenvalue weighted by atomic mass is 16.2. The van der Waals surface area contributed by atoms with Gasteiger partial charge in [-0.1, -0.05) is 0 Å². The standard InChI is InChI=1S/C15H16N6O2/c1-10-17-15-16-8-11-12(21(15)18-10)4-7-20(14(11)23)9-13(22)19-5-2-3-6-19/h4,7-8H,2-3,5-6,9H2,1H3. The lowest BCUT2D eigenvalue weighted by atomic mass is 10.3. The Kier molecular flexibility index (Phi) is 3.10.